The van der Waals surface area contributed by atoms with Gasteiger partial charge in [-0.15, -0.1) is 22.9 Å². The van der Waals surface area contributed by atoms with Crippen LogP contribution in [-0.4, -0.2) is 17.8 Å². The van der Waals surface area contributed by atoms with E-state index >= 15 is 0 Å². The van der Waals surface area contributed by atoms with Crippen LogP contribution in [0.2, 0.25) is 0 Å². The Morgan fingerprint density at radius 3 is 2.71 bits per heavy atom. The quantitative estimate of drug-likeness (QED) is 0.797. The second-order valence-electron chi connectivity index (χ2n) is 3.34. The van der Waals surface area contributed by atoms with Gasteiger partial charge in [-0.1, -0.05) is 0 Å². The first kappa shape index (κ1) is 11.5. The summed E-state index contributed by atoms with van der Waals surface area (Å²) in [6.45, 7) is 6.39. The smallest absolute Gasteiger partial charge is 0.261 e. The molecule has 0 aliphatic carbocycles. The molecule has 2 nitrogen and oxygen atoms in total. The van der Waals surface area contributed by atoms with Crippen LogP contribution >= 0.6 is 22.9 Å². The van der Waals surface area contributed by atoms with E-state index in [9.17, 15) is 4.79 Å². The summed E-state index contributed by atoms with van der Waals surface area (Å²) in [7, 11) is 0. The van der Waals surface area contributed by atoms with Crippen molar-refractivity contribution >= 4 is 28.8 Å². The van der Waals surface area contributed by atoms with E-state index in [1.54, 1.807) is 0 Å². The normalized spacial score (nSPS) is 12.6. The van der Waals surface area contributed by atoms with Crippen molar-refractivity contribution < 1.29 is 4.79 Å². The van der Waals surface area contributed by atoms with Crippen LogP contribution in [0.4, 0.5) is 0 Å². The molecular formula is C10H14ClNOS. The standard InChI is InChI=1S/C10H14ClNOS/c1-6-4-9(14-8(6)3)10(13)12-5-7(2)11/h4,7H,5H2,1-3H3,(H,12,13). The maximum absolute atomic E-state index is 11.6. The van der Waals surface area contributed by atoms with Crippen molar-refractivity contribution in [3.05, 3.63) is 21.4 Å². The minimum atomic E-state index is -0.0290. The van der Waals surface area contributed by atoms with E-state index in [4.69, 9.17) is 11.6 Å². The highest BCUT2D eigenvalue weighted by atomic mass is 35.5. The summed E-state index contributed by atoms with van der Waals surface area (Å²) in [6.07, 6.45) is 0. The van der Waals surface area contributed by atoms with Crippen molar-refractivity contribution in [3.63, 3.8) is 0 Å². The van der Waals surface area contributed by atoms with Gasteiger partial charge in [0.1, 0.15) is 0 Å². The van der Waals surface area contributed by atoms with E-state index < -0.39 is 0 Å². The first-order chi connectivity index (χ1) is 6.50. The van der Waals surface area contributed by atoms with Gasteiger partial charge in [-0.2, -0.15) is 0 Å². The van der Waals surface area contributed by atoms with Gasteiger partial charge >= 0.3 is 0 Å². The predicted molar refractivity (Wildman–Crippen MR) is 61.4 cm³/mol. The largest absolute Gasteiger partial charge is 0.350 e. The summed E-state index contributed by atoms with van der Waals surface area (Å²) < 4.78 is 0. The average molecular weight is 232 g/mol. The average Bonchev–Trinajstić information content (AvgIpc) is 2.43. The zero-order chi connectivity index (χ0) is 10.7. The van der Waals surface area contributed by atoms with Gasteiger partial charge < -0.3 is 5.32 Å². The fourth-order valence-electron chi connectivity index (χ4n) is 1.01. The second kappa shape index (κ2) is 4.80. The number of halogens is 1. The molecule has 1 unspecified atom stereocenters. The lowest BCUT2D eigenvalue weighted by Gasteiger charge is -2.03. The highest BCUT2D eigenvalue weighted by Gasteiger charge is 2.10. The molecule has 1 rings (SSSR count). The van der Waals surface area contributed by atoms with E-state index in [1.807, 2.05) is 26.8 Å². The molecule has 0 saturated heterocycles. The molecular weight excluding hydrogens is 218 g/mol. The molecule has 0 radical (unpaired) electrons. The molecule has 1 aromatic rings. The molecule has 1 atom stereocenters. The number of thiophene rings is 1. The van der Waals surface area contributed by atoms with E-state index in [2.05, 4.69) is 5.32 Å². The van der Waals surface area contributed by atoms with Gasteiger partial charge in [0.05, 0.1) is 4.88 Å². The monoisotopic (exact) mass is 231 g/mol. The summed E-state index contributed by atoms with van der Waals surface area (Å²) in [4.78, 5) is 13.5. The maximum Gasteiger partial charge on any atom is 0.261 e. The maximum atomic E-state index is 11.6. The lowest BCUT2D eigenvalue weighted by Crippen LogP contribution is -2.27. The first-order valence-electron chi connectivity index (χ1n) is 4.50. The Morgan fingerprint density at radius 1 is 1.64 bits per heavy atom. The van der Waals surface area contributed by atoms with Crippen LogP contribution < -0.4 is 5.32 Å². The van der Waals surface area contributed by atoms with Crippen LogP contribution in [0.3, 0.4) is 0 Å². The SMILES string of the molecule is Cc1cc(C(=O)NCC(C)Cl)sc1C. The molecule has 14 heavy (non-hydrogen) atoms. The number of nitrogens with one attached hydrogen (secondary N) is 1. The number of aryl methyl sites for hydroxylation is 2. The van der Waals surface area contributed by atoms with Crippen molar-refractivity contribution in [2.24, 2.45) is 0 Å². The van der Waals surface area contributed by atoms with Gasteiger partial charge in [0.25, 0.3) is 5.91 Å². The fourth-order valence-corrected chi connectivity index (χ4v) is 2.03. The molecule has 4 heteroatoms. The molecule has 0 saturated carbocycles. The second-order valence-corrected chi connectivity index (χ2v) is 5.34. The minimum absolute atomic E-state index is 0.0268. The highest BCUT2D eigenvalue weighted by molar-refractivity contribution is 7.14. The number of alkyl halides is 1. The zero-order valence-corrected chi connectivity index (χ0v) is 10.1. The molecule has 0 spiro atoms. The number of hydrogen-bond acceptors (Lipinski definition) is 2. The highest BCUT2D eigenvalue weighted by Crippen LogP contribution is 2.20. The van der Waals surface area contributed by atoms with Gasteiger partial charge in [0.2, 0.25) is 0 Å². The Kier molecular flexibility index (Phi) is 3.96. The molecule has 78 valence electrons. The predicted octanol–water partition coefficient (Wildman–Crippen LogP) is 2.72. The summed E-state index contributed by atoms with van der Waals surface area (Å²) in [5, 5.41) is 2.75. The lowest BCUT2D eigenvalue weighted by molar-refractivity contribution is 0.0958. The molecule has 0 aliphatic heterocycles. The Morgan fingerprint density at radius 2 is 2.29 bits per heavy atom. The van der Waals surface area contributed by atoms with E-state index in [-0.39, 0.29) is 11.3 Å². The van der Waals surface area contributed by atoms with Crippen molar-refractivity contribution in [2.45, 2.75) is 26.1 Å². The molecule has 0 aliphatic rings. The van der Waals surface area contributed by atoms with Gasteiger partial charge in [-0.25, -0.2) is 0 Å². The summed E-state index contributed by atoms with van der Waals surface area (Å²) in [5.41, 5.74) is 1.17. The molecule has 1 amide bonds. The van der Waals surface area contributed by atoms with Crippen LogP contribution in [0, 0.1) is 13.8 Å². The molecule has 1 N–H and O–H groups in total. The number of amides is 1. The van der Waals surface area contributed by atoms with Gasteiger partial charge in [0, 0.05) is 16.8 Å². The van der Waals surface area contributed by atoms with Crippen molar-refractivity contribution in [1.82, 2.24) is 5.32 Å². The van der Waals surface area contributed by atoms with Gasteiger partial charge in [0.15, 0.2) is 0 Å². The Bertz CT molecular complexity index is 313. The number of carbonyl (C=O) groups is 1. The number of rotatable bonds is 3. The van der Waals surface area contributed by atoms with Crippen LogP contribution in [-0.2, 0) is 0 Å². The Labute approximate surface area is 93.3 Å². The topological polar surface area (TPSA) is 29.1 Å². The summed E-state index contributed by atoms with van der Waals surface area (Å²) >= 11 is 7.25. The third-order valence-electron chi connectivity index (χ3n) is 1.93. The molecule has 0 aromatic carbocycles. The molecule has 1 heterocycles. The lowest BCUT2D eigenvalue weighted by atomic mass is 10.3. The zero-order valence-electron chi connectivity index (χ0n) is 8.56. The van der Waals surface area contributed by atoms with E-state index in [0.717, 1.165) is 4.88 Å². The van der Waals surface area contributed by atoms with Crippen LogP contribution in [0.25, 0.3) is 0 Å². The summed E-state index contributed by atoms with van der Waals surface area (Å²) in [5.74, 6) is -0.0290. The van der Waals surface area contributed by atoms with Crippen LogP contribution in [0.1, 0.15) is 27.0 Å². The van der Waals surface area contributed by atoms with Crippen molar-refractivity contribution in [2.75, 3.05) is 6.54 Å². The first-order valence-corrected chi connectivity index (χ1v) is 5.75. The third-order valence-corrected chi connectivity index (χ3v) is 3.24. The van der Waals surface area contributed by atoms with Crippen molar-refractivity contribution in [1.29, 1.82) is 0 Å². The van der Waals surface area contributed by atoms with E-state index in [0.29, 0.717) is 6.54 Å². The molecule has 0 bridgehead atoms. The Balaban J connectivity index is 2.61. The van der Waals surface area contributed by atoms with Crippen molar-refractivity contribution in [3.8, 4) is 0 Å². The minimum Gasteiger partial charge on any atom is -0.350 e. The van der Waals surface area contributed by atoms with Gasteiger partial charge in [-0.3, -0.25) is 4.79 Å². The van der Waals surface area contributed by atoms with Crippen LogP contribution in [0.5, 0.6) is 0 Å². The fraction of sp³-hybridized carbons (Fsp3) is 0.500. The van der Waals surface area contributed by atoms with Gasteiger partial charge in [-0.05, 0) is 32.4 Å². The molecule has 0 fully saturated rings. The summed E-state index contributed by atoms with van der Waals surface area (Å²) in [6, 6.07) is 1.91. The third kappa shape index (κ3) is 3.00. The van der Waals surface area contributed by atoms with Crippen LogP contribution in [0.15, 0.2) is 6.07 Å². The Hall–Kier alpha value is -0.540. The number of hydrogen-bond donors (Lipinski definition) is 1. The molecule has 1 aromatic heterocycles. The number of carbonyl (C=O) groups excluding carboxylic acids is 1. The van der Waals surface area contributed by atoms with E-state index in [1.165, 1.54) is 21.8 Å².